The summed E-state index contributed by atoms with van der Waals surface area (Å²) in [5, 5.41) is 12.8. The van der Waals surface area contributed by atoms with Crippen molar-refractivity contribution in [1.82, 2.24) is 5.32 Å². The van der Waals surface area contributed by atoms with Crippen LogP contribution in [-0.2, 0) is 25.5 Å². The molecule has 9 nitrogen and oxygen atoms in total. The molecule has 0 radical (unpaired) electrons. The summed E-state index contributed by atoms with van der Waals surface area (Å²) in [6.45, 7) is 2.79. The Morgan fingerprint density at radius 3 is 2.68 bits per heavy atom. The number of carbonyl (C=O) groups excluding carboxylic acids is 4. The van der Waals surface area contributed by atoms with Crippen molar-refractivity contribution < 1.29 is 38.3 Å². The van der Waals surface area contributed by atoms with E-state index in [-0.39, 0.29) is 42.3 Å². The highest BCUT2D eigenvalue weighted by molar-refractivity contribution is 14.1. The van der Waals surface area contributed by atoms with Gasteiger partial charge in [0.25, 0.3) is 0 Å². The number of para-hydroxylation sites is 1. The number of nitrogens with one attached hydrogen (secondary N) is 1. The first-order valence-corrected chi connectivity index (χ1v) is 9.57. The van der Waals surface area contributed by atoms with Gasteiger partial charge in [0.15, 0.2) is 0 Å². The van der Waals surface area contributed by atoms with Gasteiger partial charge in [-0.1, -0.05) is 12.1 Å². The predicted molar refractivity (Wildman–Crippen MR) is 106 cm³/mol. The highest BCUT2D eigenvalue weighted by Gasteiger charge is 2.38. The van der Waals surface area contributed by atoms with E-state index in [1.807, 2.05) is 0 Å². The summed E-state index contributed by atoms with van der Waals surface area (Å²) in [5.74, 6) is -1.85. The summed E-state index contributed by atoms with van der Waals surface area (Å²) in [5.41, 5.74) is 0.657. The van der Waals surface area contributed by atoms with E-state index < -0.39 is 29.3 Å². The molecule has 0 bridgehead atoms. The fourth-order valence-corrected chi connectivity index (χ4v) is 3.00. The van der Waals surface area contributed by atoms with Crippen LogP contribution in [0.3, 0.4) is 0 Å². The van der Waals surface area contributed by atoms with Crippen molar-refractivity contribution in [2.75, 3.05) is 0 Å². The first-order valence-electron chi connectivity index (χ1n) is 8.50. The van der Waals surface area contributed by atoms with Gasteiger partial charge in [-0.15, -0.1) is 0 Å². The van der Waals surface area contributed by atoms with Crippen LogP contribution >= 0.6 is 22.6 Å². The van der Waals surface area contributed by atoms with Gasteiger partial charge in [-0.05, 0) is 25.0 Å². The number of halogens is 1. The molecule has 2 N–H and O–H groups in total. The molecular formula is C17H19BINO8. The molecule has 0 saturated carbocycles. The van der Waals surface area contributed by atoms with Crippen LogP contribution in [0.4, 0.5) is 4.79 Å². The van der Waals surface area contributed by atoms with Gasteiger partial charge in [-0.3, -0.25) is 4.79 Å². The van der Waals surface area contributed by atoms with E-state index in [9.17, 15) is 24.2 Å². The minimum atomic E-state index is -1.38. The monoisotopic (exact) mass is 503 g/mol. The highest BCUT2D eigenvalue weighted by Crippen LogP contribution is 2.31. The average molecular weight is 503 g/mol. The second-order valence-electron chi connectivity index (χ2n) is 6.21. The molecule has 0 fully saturated rings. The van der Waals surface area contributed by atoms with Crippen LogP contribution in [0.15, 0.2) is 18.2 Å². The van der Waals surface area contributed by atoms with E-state index in [4.69, 9.17) is 14.1 Å². The zero-order chi connectivity index (χ0) is 20.8. The molecule has 1 heterocycles. The fourth-order valence-electron chi connectivity index (χ4n) is 2.65. The van der Waals surface area contributed by atoms with Crippen LogP contribution in [0, 0.1) is 0 Å². The van der Waals surface area contributed by atoms with Crippen molar-refractivity contribution in [1.29, 1.82) is 0 Å². The SMILES string of the molecule is CC(=O)CCC(=O)N[C@H]1Cc2cccc(C(=O)OC(C)OC(=O)I)c2OB1O. The Balaban J connectivity index is 2.09. The lowest BCUT2D eigenvalue weighted by molar-refractivity contribution is -0.124. The molecule has 0 saturated heterocycles. The molecule has 1 unspecified atom stereocenters. The highest BCUT2D eigenvalue weighted by atomic mass is 127. The average Bonchev–Trinajstić information content (AvgIpc) is 2.59. The number of hydrogen-bond acceptors (Lipinski definition) is 8. The number of benzene rings is 1. The maximum atomic E-state index is 12.3. The van der Waals surface area contributed by atoms with Gasteiger partial charge in [0.2, 0.25) is 12.2 Å². The number of Topliss-reactive ketones (excluding diaryl/α,β-unsaturated/α-hetero) is 1. The Labute approximate surface area is 175 Å². The number of rotatable bonds is 7. The number of carbonyl (C=O) groups is 4. The summed E-state index contributed by atoms with van der Waals surface area (Å²) in [4.78, 5) is 46.2. The molecular weight excluding hydrogens is 484 g/mol. The number of amides is 1. The van der Waals surface area contributed by atoms with Gasteiger partial charge < -0.3 is 29.3 Å². The molecule has 1 aromatic carbocycles. The van der Waals surface area contributed by atoms with Crippen LogP contribution in [0.5, 0.6) is 5.75 Å². The van der Waals surface area contributed by atoms with E-state index in [0.717, 1.165) is 0 Å². The minimum Gasteiger partial charge on any atom is -0.534 e. The number of ether oxygens (including phenoxy) is 2. The topological polar surface area (TPSA) is 128 Å². The largest absolute Gasteiger partial charge is 0.547 e. The number of ketones is 1. The first kappa shape index (κ1) is 22.1. The Morgan fingerprint density at radius 1 is 1.32 bits per heavy atom. The maximum absolute atomic E-state index is 12.3. The third-order valence-corrected chi connectivity index (χ3v) is 4.18. The van der Waals surface area contributed by atoms with E-state index in [1.165, 1.54) is 42.5 Å². The lowest BCUT2D eigenvalue weighted by atomic mass is 9.72. The van der Waals surface area contributed by atoms with Crippen molar-refractivity contribution in [3.05, 3.63) is 29.3 Å². The lowest BCUT2D eigenvalue weighted by Gasteiger charge is -2.29. The molecule has 2 rings (SSSR count). The van der Waals surface area contributed by atoms with Gasteiger partial charge in [0.1, 0.15) is 17.1 Å². The molecule has 150 valence electrons. The molecule has 0 aromatic heterocycles. The Morgan fingerprint density at radius 2 is 2.04 bits per heavy atom. The van der Waals surface area contributed by atoms with E-state index in [2.05, 4.69) is 5.32 Å². The Kier molecular flexibility index (Phi) is 7.81. The molecule has 1 amide bonds. The Bertz CT molecular complexity index is 786. The standard InChI is InChI=1S/C17H19BINO8/c1-9(21)6-7-14(22)20-13-8-11-4-3-5-12(15(11)28-18(13)25)16(23)26-10(2)27-17(19)24/h3-5,10,13,25H,6-8H2,1-2H3,(H,20,22)/t10?,13-/m0/s1. The maximum Gasteiger partial charge on any atom is 0.547 e. The summed E-state index contributed by atoms with van der Waals surface area (Å²) < 4.78 is 14.6. The molecule has 0 aliphatic carbocycles. The Hall–Kier alpha value is -2.15. The van der Waals surface area contributed by atoms with E-state index in [1.54, 1.807) is 12.1 Å². The normalized spacial score (nSPS) is 16.3. The first-order chi connectivity index (χ1) is 13.2. The van der Waals surface area contributed by atoms with Gasteiger partial charge in [0.05, 0.1) is 28.5 Å². The van der Waals surface area contributed by atoms with Gasteiger partial charge in [0, 0.05) is 19.8 Å². The third kappa shape index (κ3) is 6.19. The zero-order valence-corrected chi connectivity index (χ0v) is 17.4. The second kappa shape index (κ2) is 9.87. The summed E-state index contributed by atoms with van der Waals surface area (Å²) in [7, 11) is -1.38. The molecule has 11 heteroatoms. The number of fused-ring (bicyclic) bond motifs is 1. The van der Waals surface area contributed by atoms with Crippen LogP contribution < -0.4 is 9.97 Å². The van der Waals surface area contributed by atoms with Crippen LogP contribution in [-0.4, -0.2) is 46.0 Å². The number of hydrogen-bond donors (Lipinski definition) is 2. The molecule has 0 spiro atoms. The van der Waals surface area contributed by atoms with Crippen LogP contribution in [0.2, 0.25) is 0 Å². The van der Waals surface area contributed by atoms with Crippen molar-refractivity contribution >= 4 is 51.3 Å². The van der Waals surface area contributed by atoms with Crippen molar-refractivity contribution in [2.45, 2.75) is 45.3 Å². The molecule has 1 aromatic rings. The smallest absolute Gasteiger partial charge is 0.534 e. The third-order valence-electron chi connectivity index (χ3n) is 3.92. The molecule has 28 heavy (non-hydrogen) atoms. The van der Waals surface area contributed by atoms with E-state index >= 15 is 0 Å². The summed E-state index contributed by atoms with van der Waals surface area (Å²) >= 11 is 1.41. The molecule has 1 aliphatic rings. The quantitative estimate of drug-likeness (QED) is 0.189. The van der Waals surface area contributed by atoms with Crippen LogP contribution in [0.25, 0.3) is 0 Å². The van der Waals surface area contributed by atoms with Gasteiger partial charge in [-0.25, -0.2) is 9.59 Å². The van der Waals surface area contributed by atoms with Gasteiger partial charge in [-0.2, -0.15) is 0 Å². The summed E-state index contributed by atoms with van der Waals surface area (Å²) in [6, 6.07) is 4.76. The minimum absolute atomic E-state index is 0.0190. The predicted octanol–water partition coefficient (Wildman–Crippen LogP) is 1.57. The lowest BCUT2D eigenvalue weighted by Crippen LogP contribution is -2.53. The van der Waals surface area contributed by atoms with Crippen molar-refractivity contribution in [2.24, 2.45) is 0 Å². The van der Waals surface area contributed by atoms with Crippen LogP contribution in [0.1, 0.15) is 42.6 Å². The fraction of sp³-hybridized carbons (Fsp3) is 0.412. The zero-order valence-electron chi connectivity index (χ0n) is 15.3. The van der Waals surface area contributed by atoms with Gasteiger partial charge >= 0.3 is 17.1 Å². The summed E-state index contributed by atoms with van der Waals surface area (Å²) in [6.07, 6.45) is -0.732. The van der Waals surface area contributed by atoms with Crippen molar-refractivity contribution in [3.8, 4) is 5.75 Å². The van der Waals surface area contributed by atoms with E-state index in [0.29, 0.717) is 5.56 Å². The molecule has 2 atom stereocenters. The van der Waals surface area contributed by atoms with Crippen molar-refractivity contribution in [3.63, 3.8) is 0 Å². The number of esters is 1. The molecule has 1 aliphatic heterocycles. The second-order valence-corrected chi connectivity index (χ2v) is 7.09.